The van der Waals surface area contributed by atoms with Crippen molar-refractivity contribution in [3.63, 3.8) is 0 Å². The molecule has 0 rings (SSSR count). The molecule has 0 aromatic carbocycles. The van der Waals surface area contributed by atoms with E-state index >= 15 is 0 Å². The van der Waals surface area contributed by atoms with Gasteiger partial charge in [0.05, 0.1) is 6.42 Å². The van der Waals surface area contributed by atoms with Crippen LogP contribution in [0.25, 0.3) is 0 Å². The monoisotopic (exact) mass is 174 g/mol. The molecule has 0 aliphatic carbocycles. The highest BCUT2D eigenvalue weighted by molar-refractivity contribution is 5.84. The number of aliphatic carboxylic acids is 1. The van der Waals surface area contributed by atoms with E-state index in [1.165, 1.54) is 6.92 Å². The maximum atomic E-state index is 10.7. The second kappa shape index (κ2) is 5.29. The number of carbonyl (C=O) groups is 3. The molecule has 0 amide bonds. The molecular formula is C7H10O5. The van der Waals surface area contributed by atoms with Crippen LogP contribution in [0.4, 0.5) is 0 Å². The quantitative estimate of drug-likeness (QED) is 0.592. The van der Waals surface area contributed by atoms with Crippen molar-refractivity contribution in [3.8, 4) is 0 Å². The van der Waals surface area contributed by atoms with Crippen LogP contribution in [0.15, 0.2) is 0 Å². The molecule has 12 heavy (non-hydrogen) atoms. The fraction of sp³-hybridized carbons (Fsp3) is 0.571. The van der Waals surface area contributed by atoms with E-state index in [2.05, 4.69) is 4.74 Å². The summed E-state index contributed by atoms with van der Waals surface area (Å²) in [4.78, 5) is 30.9. The zero-order valence-corrected chi connectivity index (χ0v) is 6.70. The van der Waals surface area contributed by atoms with Crippen LogP contribution in [0.3, 0.4) is 0 Å². The molecule has 0 aromatic heterocycles. The molecule has 0 saturated heterocycles. The molecule has 68 valence electrons. The molecule has 0 radical (unpaired) electrons. The van der Waals surface area contributed by atoms with Crippen LogP contribution >= 0.6 is 0 Å². The summed E-state index contributed by atoms with van der Waals surface area (Å²) in [5.74, 6) is -1.96. The van der Waals surface area contributed by atoms with Crippen LogP contribution in [0.5, 0.6) is 0 Å². The van der Waals surface area contributed by atoms with Crippen LogP contribution in [-0.4, -0.2) is 29.4 Å². The summed E-state index contributed by atoms with van der Waals surface area (Å²) in [6.07, 6.45) is -0.317. The predicted octanol–water partition coefficient (Wildman–Crippen LogP) is -0.0166. The Bertz CT molecular complexity index is 176. The van der Waals surface area contributed by atoms with Gasteiger partial charge in [0, 0.05) is 13.3 Å². The maximum absolute atomic E-state index is 10.7. The minimum atomic E-state index is -1.04. The van der Waals surface area contributed by atoms with E-state index in [-0.39, 0.29) is 25.2 Å². The number of hydrogen-bond acceptors (Lipinski definition) is 4. The molecule has 5 nitrogen and oxygen atoms in total. The fourth-order valence-corrected chi connectivity index (χ4v) is 0.501. The Hall–Kier alpha value is -1.39. The molecule has 5 heteroatoms. The molecule has 0 fully saturated rings. The number of Topliss-reactive ketones (excluding diaryl/α,β-unsaturated/α-hetero) is 1. The van der Waals surface area contributed by atoms with Crippen molar-refractivity contribution in [3.05, 3.63) is 0 Å². The highest BCUT2D eigenvalue weighted by atomic mass is 16.5. The number of hydrogen-bond donors (Lipinski definition) is 1. The lowest BCUT2D eigenvalue weighted by molar-refractivity contribution is -0.146. The lowest BCUT2D eigenvalue weighted by Crippen LogP contribution is -2.12. The molecule has 0 spiro atoms. The van der Waals surface area contributed by atoms with E-state index in [0.29, 0.717) is 0 Å². The third kappa shape index (κ3) is 6.73. The molecule has 0 aromatic rings. The van der Waals surface area contributed by atoms with Crippen LogP contribution in [0, 0.1) is 0 Å². The lowest BCUT2D eigenvalue weighted by atomic mass is 10.2. The van der Waals surface area contributed by atoms with Gasteiger partial charge in [0.2, 0.25) is 0 Å². The van der Waals surface area contributed by atoms with Gasteiger partial charge in [0.1, 0.15) is 6.61 Å². The molecule has 0 aliphatic heterocycles. The van der Waals surface area contributed by atoms with Gasteiger partial charge in [-0.3, -0.25) is 14.4 Å². The first-order valence-electron chi connectivity index (χ1n) is 3.39. The number of ketones is 1. The van der Waals surface area contributed by atoms with E-state index in [1.54, 1.807) is 0 Å². The Morgan fingerprint density at radius 2 is 1.83 bits per heavy atom. The number of carboxylic acids is 1. The first kappa shape index (κ1) is 10.6. The molecule has 0 saturated carbocycles. The van der Waals surface area contributed by atoms with Crippen LogP contribution in [-0.2, 0) is 19.1 Å². The summed E-state index contributed by atoms with van der Waals surface area (Å²) in [5.41, 5.74) is 0. The van der Waals surface area contributed by atoms with E-state index in [1.807, 2.05) is 0 Å². The molecule has 0 bridgehead atoms. The topological polar surface area (TPSA) is 80.7 Å². The summed E-state index contributed by atoms with van der Waals surface area (Å²) in [6, 6.07) is 0. The average molecular weight is 174 g/mol. The first-order chi connectivity index (χ1) is 5.52. The summed E-state index contributed by atoms with van der Waals surface area (Å²) in [5, 5.41) is 8.18. The van der Waals surface area contributed by atoms with Crippen molar-refractivity contribution in [2.45, 2.75) is 19.8 Å². The Balaban J connectivity index is 3.47. The van der Waals surface area contributed by atoms with Crippen LogP contribution in [0.1, 0.15) is 19.8 Å². The predicted molar refractivity (Wildman–Crippen MR) is 38.5 cm³/mol. The third-order valence-corrected chi connectivity index (χ3v) is 1.05. The van der Waals surface area contributed by atoms with E-state index in [0.717, 1.165) is 0 Å². The van der Waals surface area contributed by atoms with Gasteiger partial charge in [0.15, 0.2) is 5.78 Å². The van der Waals surface area contributed by atoms with Gasteiger partial charge in [-0.05, 0) is 0 Å². The van der Waals surface area contributed by atoms with Gasteiger partial charge >= 0.3 is 11.9 Å². The van der Waals surface area contributed by atoms with Crippen molar-refractivity contribution < 1.29 is 24.2 Å². The highest BCUT2D eigenvalue weighted by Crippen LogP contribution is 1.91. The van der Waals surface area contributed by atoms with Crippen molar-refractivity contribution in [2.24, 2.45) is 0 Å². The van der Waals surface area contributed by atoms with Gasteiger partial charge in [0.25, 0.3) is 0 Å². The van der Waals surface area contributed by atoms with Gasteiger partial charge < -0.3 is 9.84 Å². The van der Waals surface area contributed by atoms with E-state index < -0.39 is 11.9 Å². The third-order valence-electron chi connectivity index (χ3n) is 1.05. The minimum absolute atomic E-state index is 0.0946. The van der Waals surface area contributed by atoms with E-state index in [4.69, 9.17) is 5.11 Å². The normalized spacial score (nSPS) is 9.08. The average Bonchev–Trinajstić information content (AvgIpc) is 1.96. The van der Waals surface area contributed by atoms with Gasteiger partial charge in [-0.15, -0.1) is 0 Å². The zero-order chi connectivity index (χ0) is 9.56. The largest absolute Gasteiger partial charge is 0.481 e. The van der Waals surface area contributed by atoms with Crippen LogP contribution in [0.2, 0.25) is 0 Å². The zero-order valence-electron chi connectivity index (χ0n) is 6.70. The molecule has 0 atom stereocenters. The SMILES string of the molecule is CC(=O)OCC(=O)CCC(=O)O. The standard InChI is InChI=1S/C7H10O5/c1-5(8)12-4-6(9)2-3-7(10)11/h2-4H2,1H3,(H,10,11). The van der Waals surface area contributed by atoms with Gasteiger partial charge in [-0.25, -0.2) is 0 Å². The molecule has 1 N–H and O–H groups in total. The Kier molecular flexibility index (Phi) is 4.67. The van der Waals surface area contributed by atoms with E-state index in [9.17, 15) is 14.4 Å². The summed E-state index contributed by atoms with van der Waals surface area (Å²) >= 11 is 0. The second-order valence-electron chi connectivity index (χ2n) is 2.21. The van der Waals surface area contributed by atoms with Crippen molar-refractivity contribution in [2.75, 3.05) is 6.61 Å². The first-order valence-corrected chi connectivity index (χ1v) is 3.39. The van der Waals surface area contributed by atoms with Crippen molar-refractivity contribution in [1.29, 1.82) is 0 Å². The molecule has 0 unspecified atom stereocenters. The van der Waals surface area contributed by atoms with Crippen LogP contribution < -0.4 is 0 Å². The number of carbonyl (C=O) groups excluding carboxylic acids is 2. The summed E-state index contributed by atoms with van der Waals surface area (Å²) in [6.45, 7) is 0.854. The van der Waals surface area contributed by atoms with Crippen molar-refractivity contribution >= 4 is 17.7 Å². The maximum Gasteiger partial charge on any atom is 0.303 e. The minimum Gasteiger partial charge on any atom is -0.481 e. The Morgan fingerprint density at radius 3 is 2.25 bits per heavy atom. The molecule has 0 heterocycles. The van der Waals surface area contributed by atoms with Crippen molar-refractivity contribution in [1.82, 2.24) is 0 Å². The molecular weight excluding hydrogens is 164 g/mol. The highest BCUT2D eigenvalue weighted by Gasteiger charge is 2.06. The lowest BCUT2D eigenvalue weighted by Gasteiger charge is -1.98. The number of ether oxygens (including phenoxy) is 1. The number of esters is 1. The number of rotatable bonds is 5. The summed E-state index contributed by atoms with van der Waals surface area (Å²) in [7, 11) is 0. The number of carboxylic acid groups (broad SMARTS) is 1. The fourth-order valence-electron chi connectivity index (χ4n) is 0.501. The Morgan fingerprint density at radius 1 is 1.25 bits per heavy atom. The van der Waals surface area contributed by atoms with Gasteiger partial charge in [-0.1, -0.05) is 0 Å². The Labute approximate surface area is 69.3 Å². The second-order valence-corrected chi connectivity index (χ2v) is 2.21. The smallest absolute Gasteiger partial charge is 0.303 e. The van der Waals surface area contributed by atoms with Gasteiger partial charge in [-0.2, -0.15) is 0 Å². The molecule has 0 aliphatic rings. The summed E-state index contributed by atoms with van der Waals surface area (Å²) < 4.78 is 4.35.